The Morgan fingerprint density at radius 2 is 1.15 bits per heavy atom. The quantitative estimate of drug-likeness (QED) is 0.283. The first-order chi connectivity index (χ1) is 12.9. The highest BCUT2D eigenvalue weighted by molar-refractivity contribution is 6.60. The normalized spacial score (nSPS) is 13.6. The zero-order valence-corrected chi connectivity index (χ0v) is 20.1. The van der Waals surface area contributed by atoms with Crippen LogP contribution in [0, 0.1) is 5.92 Å². The molecule has 1 unspecified atom stereocenters. The van der Waals surface area contributed by atoms with Crippen molar-refractivity contribution in [3.8, 4) is 0 Å². The van der Waals surface area contributed by atoms with Gasteiger partial charge in [0.15, 0.2) is 0 Å². The van der Waals surface area contributed by atoms with E-state index in [2.05, 4.69) is 5.32 Å². The summed E-state index contributed by atoms with van der Waals surface area (Å²) in [6, 6.07) is 1.55. The van der Waals surface area contributed by atoms with Crippen LogP contribution in [-0.2, 0) is 31.4 Å². The van der Waals surface area contributed by atoms with E-state index in [4.69, 9.17) is 26.6 Å². The molecule has 0 fully saturated rings. The number of unbranched alkanes of at least 4 members (excludes halogenated alkanes) is 1. The Kier molecular flexibility index (Phi) is 14.4. The highest BCUT2D eigenvalue weighted by atomic mass is 28.4. The lowest BCUT2D eigenvalue weighted by Crippen LogP contribution is -2.42. The van der Waals surface area contributed by atoms with Gasteiger partial charge in [0.1, 0.15) is 0 Å². The summed E-state index contributed by atoms with van der Waals surface area (Å²) in [5.41, 5.74) is 0. The summed E-state index contributed by atoms with van der Waals surface area (Å²) < 4.78 is 32.8. The highest BCUT2D eigenvalue weighted by Gasteiger charge is 2.38. The number of nitrogens with one attached hydrogen (secondary N) is 1. The van der Waals surface area contributed by atoms with Crippen LogP contribution >= 0.6 is 0 Å². The smallest absolute Gasteiger partial charge is 0.377 e. The second-order valence-electron chi connectivity index (χ2n) is 6.53. The Hall–Kier alpha value is -0.336. The maximum absolute atomic E-state index is 11.3. The fraction of sp³-hybridized carbons (Fsp3) is 0.941. The Balaban J connectivity index is 4.49. The molecule has 1 atom stereocenters. The van der Waals surface area contributed by atoms with Crippen LogP contribution in [0.15, 0.2) is 0 Å². The second kappa shape index (κ2) is 14.6. The van der Waals surface area contributed by atoms with E-state index in [0.29, 0.717) is 12.5 Å². The molecule has 0 aromatic rings. The minimum atomic E-state index is -2.54. The van der Waals surface area contributed by atoms with Crippen LogP contribution in [0.4, 0.5) is 0 Å². The molecular weight excluding hydrogens is 386 g/mol. The second-order valence-corrected chi connectivity index (χ2v) is 12.7. The topological polar surface area (TPSA) is 84.5 Å². The molecule has 0 saturated carbocycles. The fourth-order valence-corrected chi connectivity index (χ4v) is 6.68. The Morgan fingerprint density at radius 3 is 1.56 bits per heavy atom. The molecule has 0 spiro atoms. The summed E-state index contributed by atoms with van der Waals surface area (Å²) in [5, 5.41) is 2.94. The molecule has 162 valence electrons. The van der Waals surface area contributed by atoms with Crippen molar-refractivity contribution in [3.63, 3.8) is 0 Å². The van der Waals surface area contributed by atoms with Crippen molar-refractivity contribution < 1.29 is 31.4 Å². The van der Waals surface area contributed by atoms with E-state index in [1.54, 1.807) is 49.6 Å². The molecule has 0 aliphatic heterocycles. The van der Waals surface area contributed by atoms with Crippen molar-refractivity contribution in [1.82, 2.24) is 5.32 Å². The minimum Gasteiger partial charge on any atom is -0.377 e. The van der Waals surface area contributed by atoms with E-state index in [1.165, 1.54) is 0 Å². The molecule has 0 aromatic carbocycles. The largest absolute Gasteiger partial charge is 0.500 e. The van der Waals surface area contributed by atoms with Gasteiger partial charge in [0, 0.05) is 68.2 Å². The maximum atomic E-state index is 11.3. The SMILES string of the molecule is CO[Si](CCCCC(CCC[Si](OC)(OC)OC)CNC(C)=O)(OC)OC. The number of hydrogen-bond acceptors (Lipinski definition) is 7. The molecule has 1 amide bonds. The Bertz CT molecular complexity index is 377. The third-order valence-corrected chi connectivity index (χ3v) is 10.6. The van der Waals surface area contributed by atoms with Crippen LogP contribution in [0.2, 0.25) is 12.1 Å². The van der Waals surface area contributed by atoms with E-state index in [1.807, 2.05) is 0 Å². The summed E-state index contributed by atoms with van der Waals surface area (Å²) in [5.74, 6) is 0.397. The Morgan fingerprint density at radius 1 is 0.741 bits per heavy atom. The van der Waals surface area contributed by atoms with Crippen molar-refractivity contribution >= 4 is 23.5 Å². The minimum absolute atomic E-state index is 0.000954. The summed E-state index contributed by atoms with van der Waals surface area (Å²) in [4.78, 5) is 11.3. The molecule has 0 aliphatic rings. The molecule has 0 aliphatic carbocycles. The first-order valence-electron chi connectivity index (χ1n) is 9.41. The maximum Gasteiger partial charge on any atom is 0.500 e. The van der Waals surface area contributed by atoms with Gasteiger partial charge in [-0.1, -0.05) is 6.42 Å². The van der Waals surface area contributed by atoms with Gasteiger partial charge in [0.05, 0.1) is 0 Å². The molecule has 27 heavy (non-hydrogen) atoms. The van der Waals surface area contributed by atoms with Crippen molar-refractivity contribution in [1.29, 1.82) is 0 Å². The highest BCUT2D eigenvalue weighted by Crippen LogP contribution is 2.23. The van der Waals surface area contributed by atoms with Crippen molar-refractivity contribution in [3.05, 3.63) is 0 Å². The van der Waals surface area contributed by atoms with E-state index < -0.39 is 17.6 Å². The molecule has 10 heteroatoms. The predicted molar refractivity (Wildman–Crippen MR) is 108 cm³/mol. The van der Waals surface area contributed by atoms with Crippen LogP contribution in [0.25, 0.3) is 0 Å². The predicted octanol–water partition coefficient (Wildman–Crippen LogP) is 2.45. The zero-order valence-electron chi connectivity index (χ0n) is 18.1. The van der Waals surface area contributed by atoms with E-state index in [9.17, 15) is 4.79 Å². The summed E-state index contributed by atoms with van der Waals surface area (Å²) >= 11 is 0. The van der Waals surface area contributed by atoms with Crippen LogP contribution in [-0.4, -0.2) is 72.7 Å². The zero-order chi connectivity index (χ0) is 20.8. The molecule has 0 radical (unpaired) electrons. The van der Waals surface area contributed by atoms with Gasteiger partial charge in [-0.2, -0.15) is 0 Å². The van der Waals surface area contributed by atoms with Gasteiger partial charge in [-0.15, -0.1) is 0 Å². The van der Waals surface area contributed by atoms with Gasteiger partial charge in [-0.05, 0) is 31.6 Å². The standard InChI is InChI=1S/C17H39NO7Si2/c1-16(19)18-15-17(12-10-14-27(23-5,24-6)25-7)11-8-9-13-26(20-2,21-3)22-4/h17H,8-15H2,1-7H3,(H,18,19). The van der Waals surface area contributed by atoms with Gasteiger partial charge in [-0.25, -0.2) is 0 Å². The van der Waals surface area contributed by atoms with Gasteiger partial charge in [0.25, 0.3) is 0 Å². The molecule has 1 N–H and O–H groups in total. The van der Waals surface area contributed by atoms with E-state index in [0.717, 1.165) is 44.2 Å². The average molecular weight is 426 g/mol. The fourth-order valence-electron chi connectivity index (χ4n) is 3.13. The number of carbonyl (C=O) groups excluding carboxylic acids is 1. The third-order valence-electron chi connectivity index (χ3n) is 4.95. The first-order valence-corrected chi connectivity index (χ1v) is 13.3. The summed E-state index contributed by atoms with van der Waals surface area (Å²) in [6.07, 6.45) is 4.91. The lowest BCUT2D eigenvalue weighted by atomic mass is 9.97. The first kappa shape index (κ1) is 26.7. The molecule has 0 saturated heterocycles. The third kappa shape index (κ3) is 10.1. The monoisotopic (exact) mass is 425 g/mol. The van der Waals surface area contributed by atoms with Gasteiger partial charge in [-0.3, -0.25) is 4.79 Å². The molecule has 0 rings (SSSR count). The molecular formula is C17H39NO7Si2. The van der Waals surface area contributed by atoms with Gasteiger partial charge < -0.3 is 31.9 Å². The lowest BCUT2D eigenvalue weighted by molar-refractivity contribution is -0.119. The summed E-state index contributed by atoms with van der Waals surface area (Å²) in [7, 11) is 4.75. The van der Waals surface area contributed by atoms with Crippen LogP contribution < -0.4 is 5.32 Å². The number of rotatable bonds is 17. The van der Waals surface area contributed by atoms with Crippen molar-refractivity contribution in [2.75, 3.05) is 49.2 Å². The van der Waals surface area contributed by atoms with Crippen LogP contribution in [0.3, 0.4) is 0 Å². The lowest BCUT2D eigenvalue weighted by Gasteiger charge is -2.26. The van der Waals surface area contributed by atoms with E-state index in [-0.39, 0.29) is 5.91 Å². The molecule has 0 aromatic heterocycles. The van der Waals surface area contributed by atoms with Gasteiger partial charge in [0.2, 0.25) is 5.91 Å². The van der Waals surface area contributed by atoms with Gasteiger partial charge >= 0.3 is 17.6 Å². The number of carbonyl (C=O) groups is 1. The number of hydrogen-bond donors (Lipinski definition) is 1. The Labute approximate surface area is 166 Å². The van der Waals surface area contributed by atoms with Crippen LogP contribution in [0.5, 0.6) is 0 Å². The summed E-state index contributed by atoms with van der Waals surface area (Å²) in [6.45, 7) is 2.23. The van der Waals surface area contributed by atoms with E-state index >= 15 is 0 Å². The van der Waals surface area contributed by atoms with Crippen molar-refractivity contribution in [2.24, 2.45) is 5.92 Å². The van der Waals surface area contributed by atoms with Crippen molar-refractivity contribution in [2.45, 2.75) is 51.1 Å². The molecule has 0 bridgehead atoms. The molecule has 8 nitrogen and oxygen atoms in total. The average Bonchev–Trinajstić information content (AvgIpc) is 2.69. The number of amides is 1. The van der Waals surface area contributed by atoms with Crippen LogP contribution in [0.1, 0.15) is 39.0 Å². The molecule has 0 heterocycles.